The van der Waals surface area contributed by atoms with E-state index in [2.05, 4.69) is 0 Å². The summed E-state index contributed by atoms with van der Waals surface area (Å²) in [6.45, 7) is 1.71. The molecule has 5 nitrogen and oxygen atoms in total. The van der Waals surface area contributed by atoms with Gasteiger partial charge in [-0.1, -0.05) is 42.5 Å². The fraction of sp³-hybridized carbons (Fsp3) is 0.200. The van der Waals surface area contributed by atoms with E-state index in [0.29, 0.717) is 18.5 Å². The maximum Gasteiger partial charge on any atom is 0.290 e. The molecule has 0 saturated carbocycles. The van der Waals surface area contributed by atoms with Crippen LogP contribution < -0.4 is 0 Å². The number of aromatic hydroxyl groups is 1. The Morgan fingerprint density at radius 3 is 2.28 bits per heavy atom. The predicted octanol–water partition coefficient (Wildman–Crippen LogP) is 2.92. The van der Waals surface area contributed by atoms with E-state index in [-0.39, 0.29) is 17.1 Å². The van der Waals surface area contributed by atoms with Crippen LogP contribution in [0, 0.1) is 0 Å². The van der Waals surface area contributed by atoms with E-state index in [1.54, 1.807) is 12.1 Å². The Morgan fingerprint density at radius 1 is 1.04 bits per heavy atom. The first-order valence-corrected chi connectivity index (χ1v) is 8.07. The molecule has 1 heterocycles. The number of carbonyl (C=O) groups is 2. The lowest BCUT2D eigenvalue weighted by Gasteiger charge is -2.26. The van der Waals surface area contributed by atoms with Gasteiger partial charge in [-0.15, -0.1) is 0 Å². The van der Waals surface area contributed by atoms with Gasteiger partial charge in [-0.25, -0.2) is 0 Å². The first kappa shape index (κ1) is 16.8. The lowest BCUT2D eigenvalue weighted by Crippen LogP contribution is -2.32. The SMILES string of the molecule is CC(=O)C1=C(O)C(=O)N(CCc2ccccc2)C1c1ccc(O)cc1. The average molecular weight is 337 g/mol. The molecule has 0 fully saturated rings. The molecule has 0 bridgehead atoms. The lowest BCUT2D eigenvalue weighted by molar-refractivity contribution is -0.129. The molecule has 1 amide bonds. The fourth-order valence-electron chi connectivity index (χ4n) is 3.14. The third-order valence-electron chi connectivity index (χ3n) is 4.38. The third kappa shape index (κ3) is 3.26. The molecular formula is C20H19NO4. The van der Waals surface area contributed by atoms with E-state index < -0.39 is 17.7 Å². The molecule has 128 valence electrons. The Labute approximate surface area is 145 Å². The van der Waals surface area contributed by atoms with Crippen molar-refractivity contribution in [2.45, 2.75) is 19.4 Å². The standard InChI is InChI=1S/C20H19NO4/c1-13(22)17-18(15-7-9-16(23)10-8-15)21(20(25)19(17)24)12-11-14-5-3-2-4-6-14/h2-10,18,23-24H,11-12H2,1H3. The summed E-state index contributed by atoms with van der Waals surface area (Å²) in [7, 11) is 0. The number of carbonyl (C=O) groups excluding carboxylic acids is 2. The number of benzene rings is 2. The van der Waals surface area contributed by atoms with E-state index in [4.69, 9.17) is 0 Å². The molecule has 2 aromatic rings. The van der Waals surface area contributed by atoms with Crippen molar-refractivity contribution < 1.29 is 19.8 Å². The van der Waals surface area contributed by atoms with Gasteiger partial charge >= 0.3 is 0 Å². The molecule has 0 spiro atoms. The maximum atomic E-state index is 12.5. The second-order valence-electron chi connectivity index (χ2n) is 6.05. The van der Waals surface area contributed by atoms with Crippen molar-refractivity contribution in [2.24, 2.45) is 0 Å². The van der Waals surface area contributed by atoms with Gasteiger partial charge in [-0.05, 0) is 36.6 Å². The number of aliphatic hydroxyl groups is 1. The molecule has 5 heteroatoms. The van der Waals surface area contributed by atoms with Crippen LogP contribution >= 0.6 is 0 Å². The largest absolute Gasteiger partial charge is 0.508 e. The maximum absolute atomic E-state index is 12.5. The van der Waals surface area contributed by atoms with Crippen molar-refractivity contribution in [3.05, 3.63) is 77.1 Å². The normalized spacial score (nSPS) is 17.2. The number of aliphatic hydroxyl groups excluding tert-OH is 1. The van der Waals surface area contributed by atoms with Gasteiger partial charge in [-0.2, -0.15) is 0 Å². The zero-order valence-corrected chi connectivity index (χ0v) is 13.8. The van der Waals surface area contributed by atoms with Crippen molar-refractivity contribution in [1.82, 2.24) is 4.90 Å². The molecule has 1 unspecified atom stereocenters. The Kier molecular flexibility index (Phi) is 4.57. The minimum atomic E-state index is -0.644. The summed E-state index contributed by atoms with van der Waals surface area (Å²) in [6, 6.07) is 15.4. The molecule has 1 aliphatic heterocycles. The molecule has 0 saturated heterocycles. The van der Waals surface area contributed by atoms with Crippen molar-refractivity contribution in [3.63, 3.8) is 0 Å². The molecule has 0 radical (unpaired) electrons. The van der Waals surface area contributed by atoms with E-state index in [9.17, 15) is 19.8 Å². The highest BCUT2D eigenvalue weighted by atomic mass is 16.3. The summed E-state index contributed by atoms with van der Waals surface area (Å²) >= 11 is 0. The smallest absolute Gasteiger partial charge is 0.290 e. The Morgan fingerprint density at radius 2 is 1.68 bits per heavy atom. The fourth-order valence-corrected chi connectivity index (χ4v) is 3.14. The van der Waals surface area contributed by atoms with Crippen LogP contribution in [0.1, 0.15) is 24.1 Å². The Bertz CT molecular complexity index is 825. The zero-order chi connectivity index (χ0) is 18.0. The second-order valence-corrected chi connectivity index (χ2v) is 6.05. The molecule has 25 heavy (non-hydrogen) atoms. The number of phenols is 1. The number of rotatable bonds is 5. The molecule has 2 aromatic carbocycles. The summed E-state index contributed by atoms with van der Waals surface area (Å²) < 4.78 is 0. The van der Waals surface area contributed by atoms with Crippen LogP contribution in [-0.2, 0) is 16.0 Å². The number of ketones is 1. The minimum Gasteiger partial charge on any atom is -0.508 e. The molecule has 1 aliphatic rings. The summed E-state index contributed by atoms with van der Waals surface area (Å²) in [5.41, 5.74) is 1.84. The van der Waals surface area contributed by atoms with Crippen molar-refractivity contribution in [3.8, 4) is 5.75 Å². The van der Waals surface area contributed by atoms with E-state index in [0.717, 1.165) is 5.56 Å². The number of nitrogens with zero attached hydrogens (tertiary/aromatic N) is 1. The minimum absolute atomic E-state index is 0.0986. The van der Waals surface area contributed by atoms with Crippen molar-refractivity contribution in [2.75, 3.05) is 6.54 Å². The number of hydrogen-bond acceptors (Lipinski definition) is 4. The molecular weight excluding hydrogens is 318 g/mol. The van der Waals surface area contributed by atoms with E-state index >= 15 is 0 Å². The summed E-state index contributed by atoms with van der Waals surface area (Å²) in [5, 5.41) is 19.7. The molecule has 2 N–H and O–H groups in total. The third-order valence-corrected chi connectivity index (χ3v) is 4.38. The zero-order valence-electron chi connectivity index (χ0n) is 13.8. The van der Waals surface area contributed by atoms with Gasteiger partial charge in [0.05, 0.1) is 11.6 Å². The molecule has 0 aliphatic carbocycles. The van der Waals surface area contributed by atoms with Crippen LogP contribution in [-0.4, -0.2) is 33.3 Å². The number of hydrogen-bond donors (Lipinski definition) is 2. The topological polar surface area (TPSA) is 77.8 Å². The number of Topliss-reactive ketones (excluding diaryl/α,β-unsaturated/α-hetero) is 1. The molecule has 0 aromatic heterocycles. The van der Waals surface area contributed by atoms with Crippen molar-refractivity contribution in [1.29, 1.82) is 0 Å². The van der Waals surface area contributed by atoms with E-state index in [1.165, 1.54) is 24.0 Å². The summed E-state index contributed by atoms with van der Waals surface area (Å²) in [6.07, 6.45) is 0.611. The summed E-state index contributed by atoms with van der Waals surface area (Å²) in [4.78, 5) is 26.0. The van der Waals surface area contributed by atoms with Crippen molar-refractivity contribution >= 4 is 11.7 Å². The summed E-state index contributed by atoms with van der Waals surface area (Å²) in [5.74, 6) is -1.27. The van der Waals surface area contributed by atoms with Crippen LogP contribution in [0.4, 0.5) is 0 Å². The van der Waals surface area contributed by atoms with Gasteiger partial charge in [-0.3, -0.25) is 9.59 Å². The van der Waals surface area contributed by atoms with Gasteiger partial charge in [0.25, 0.3) is 5.91 Å². The monoisotopic (exact) mass is 337 g/mol. The van der Waals surface area contributed by atoms with Gasteiger partial charge in [0.15, 0.2) is 11.5 Å². The second kappa shape index (κ2) is 6.81. The van der Waals surface area contributed by atoms with Gasteiger partial charge in [0.1, 0.15) is 5.75 Å². The first-order chi connectivity index (χ1) is 12.0. The average Bonchev–Trinajstić information content (AvgIpc) is 2.86. The molecule has 3 rings (SSSR count). The number of amides is 1. The van der Waals surface area contributed by atoms with Crippen LogP contribution in [0.25, 0.3) is 0 Å². The Hall–Kier alpha value is -3.08. The van der Waals surface area contributed by atoms with Crippen LogP contribution in [0.15, 0.2) is 65.9 Å². The van der Waals surface area contributed by atoms with Crippen LogP contribution in [0.5, 0.6) is 5.75 Å². The first-order valence-electron chi connectivity index (χ1n) is 8.07. The quantitative estimate of drug-likeness (QED) is 0.879. The van der Waals surface area contributed by atoms with Gasteiger partial charge in [0, 0.05) is 6.54 Å². The lowest BCUT2D eigenvalue weighted by atomic mass is 9.96. The predicted molar refractivity (Wildman–Crippen MR) is 93.0 cm³/mol. The van der Waals surface area contributed by atoms with Gasteiger partial charge < -0.3 is 15.1 Å². The van der Waals surface area contributed by atoms with Crippen LogP contribution in [0.2, 0.25) is 0 Å². The number of phenolic OH excluding ortho intramolecular Hbond substituents is 1. The highest BCUT2D eigenvalue weighted by molar-refractivity contribution is 6.08. The highest BCUT2D eigenvalue weighted by Crippen LogP contribution is 2.38. The highest BCUT2D eigenvalue weighted by Gasteiger charge is 2.41. The Balaban J connectivity index is 1.93. The van der Waals surface area contributed by atoms with E-state index in [1.807, 2.05) is 30.3 Å². The molecule has 1 atom stereocenters. The van der Waals surface area contributed by atoms with Gasteiger partial charge in [0.2, 0.25) is 0 Å². The van der Waals surface area contributed by atoms with Crippen LogP contribution in [0.3, 0.4) is 0 Å².